The number of carbonyl (C=O) groups is 1. The highest BCUT2D eigenvalue weighted by Gasteiger charge is 2.09. The van der Waals surface area contributed by atoms with Crippen LogP contribution in [-0.4, -0.2) is 5.97 Å². The van der Waals surface area contributed by atoms with E-state index in [9.17, 15) is 4.79 Å². The zero-order chi connectivity index (χ0) is 22.6. The summed E-state index contributed by atoms with van der Waals surface area (Å²) < 4.78 is 5.47. The molecule has 0 radical (unpaired) electrons. The summed E-state index contributed by atoms with van der Waals surface area (Å²) >= 11 is 0. The smallest absolute Gasteiger partial charge is 0.343 e. The molecule has 0 heterocycles. The molecule has 0 aliphatic heterocycles. The minimum atomic E-state index is -0.356. The highest BCUT2D eigenvalue weighted by molar-refractivity contribution is 5.91. The third kappa shape index (κ3) is 7.25. The van der Waals surface area contributed by atoms with E-state index in [1.54, 1.807) is 12.1 Å². The van der Waals surface area contributed by atoms with Crippen LogP contribution in [0.25, 0.3) is 16.7 Å². The molecule has 31 heavy (non-hydrogen) atoms. The van der Waals surface area contributed by atoms with E-state index in [0.717, 1.165) is 28.7 Å². The van der Waals surface area contributed by atoms with Crippen LogP contribution in [0.4, 0.5) is 0 Å². The summed E-state index contributed by atoms with van der Waals surface area (Å²) in [4.78, 5) is 12.4. The van der Waals surface area contributed by atoms with Gasteiger partial charge in [0.05, 0.1) is 5.56 Å². The van der Waals surface area contributed by atoms with Crippen LogP contribution >= 0.6 is 0 Å². The molecule has 3 rings (SSSR count). The Morgan fingerprint density at radius 2 is 1.29 bits per heavy atom. The maximum Gasteiger partial charge on any atom is 0.343 e. The van der Waals surface area contributed by atoms with Gasteiger partial charge in [0.1, 0.15) is 5.75 Å². The number of hydrogen-bond acceptors (Lipinski definition) is 2. The Hall–Kier alpha value is -3.13. The minimum Gasteiger partial charge on any atom is -0.423 e. The van der Waals surface area contributed by atoms with Crippen LogP contribution < -0.4 is 4.74 Å². The molecule has 162 valence electrons. The number of allylic oxidation sites excluding steroid dienone is 1. The summed E-state index contributed by atoms with van der Waals surface area (Å²) in [5.41, 5.74) is 6.17. The van der Waals surface area contributed by atoms with Crippen molar-refractivity contribution in [2.24, 2.45) is 0 Å². The van der Waals surface area contributed by atoms with Crippen molar-refractivity contribution in [1.82, 2.24) is 0 Å². The van der Waals surface area contributed by atoms with E-state index in [2.05, 4.69) is 37.8 Å². The molecule has 0 atom stereocenters. The summed E-state index contributed by atoms with van der Waals surface area (Å²) in [6.07, 6.45) is 4.89. The van der Waals surface area contributed by atoms with Gasteiger partial charge in [-0.05, 0) is 66.3 Å². The molecule has 0 unspecified atom stereocenters. The van der Waals surface area contributed by atoms with Gasteiger partial charge < -0.3 is 4.74 Å². The number of rotatable bonds is 8. The van der Waals surface area contributed by atoms with Gasteiger partial charge in [-0.2, -0.15) is 0 Å². The second-order valence-electron chi connectivity index (χ2n) is 7.43. The first-order valence-corrected chi connectivity index (χ1v) is 11.2. The van der Waals surface area contributed by atoms with Crippen LogP contribution in [0.1, 0.15) is 68.4 Å². The normalized spacial score (nSPS) is 10.1. The first-order valence-electron chi connectivity index (χ1n) is 11.2. The highest BCUT2D eigenvalue weighted by Crippen LogP contribution is 2.22. The van der Waals surface area contributed by atoms with Crippen molar-refractivity contribution in [2.75, 3.05) is 0 Å². The van der Waals surface area contributed by atoms with E-state index in [1.807, 2.05) is 57.2 Å². The van der Waals surface area contributed by atoms with Crippen molar-refractivity contribution in [3.8, 4) is 16.9 Å². The molecular weight excluding hydrogens is 380 g/mol. The Balaban J connectivity index is 0.00000166. The van der Waals surface area contributed by atoms with E-state index in [0.29, 0.717) is 11.3 Å². The predicted octanol–water partition coefficient (Wildman–Crippen LogP) is 8.36. The summed E-state index contributed by atoms with van der Waals surface area (Å²) in [5, 5.41) is 0. The van der Waals surface area contributed by atoms with E-state index in [-0.39, 0.29) is 5.97 Å². The van der Waals surface area contributed by atoms with E-state index >= 15 is 0 Å². The second kappa shape index (κ2) is 12.5. The molecule has 0 bridgehead atoms. The quantitative estimate of drug-likeness (QED) is 0.210. The molecular formula is C29H34O2. The molecule has 0 aliphatic rings. The number of aryl methyl sites for hydroxylation is 1. The van der Waals surface area contributed by atoms with Crippen molar-refractivity contribution in [3.63, 3.8) is 0 Å². The van der Waals surface area contributed by atoms with Crippen molar-refractivity contribution in [1.29, 1.82) is 0 Å². The Kier molecular flexibility index (Phi) is 9.77. The van der Waals surface area contributed by atoms with Gasteiger partial charge in [0.15, 0.2) is 0 Å². The Labute approximate surface area is 187 Å². The molecule has 0 saturated heterocycles. The molecule has 0 amide bonds. The lowest BCUT2D eigenvalue weighted by atomic mass is 10.0. The molecule has 2 nitrogen and oxygen atoms in total. The van der Waals surface area contributed by atoms with Gasteiger partial charge >= 0.3 is 5.97 Å². The van der Waals surface area contributed by atoms with Crippen LogP contribution in [0.5, 0.6) is 5.75 Å². The van der Waals surface area contributed by atoms with Gasteiger partial charge in [0.25, 0.3) is 0 Å². The molecule has 0 N–H and O–H groups in total. The molecule has 3 aromatic carbocycles. The minimum absolute atomic E-state index is 0.356. The largest absolute Gasteiger partial charge is 0.423 e. The van der Waals surface area contributed by atoms with Crippen molar-refractivity contribution in [2.45, 2.75) is 53.4 Å². The van der Waals surface area contributed by atoms with Crippen LogP contribution in [0, 0.1) is 0 Å². The standard InChI is InChI=1S/C27H28O2.C2H6/c1-4-5-6-7-21-8-10-23(11-9-21)24-12-14-25(15-13-24)27(28)29-26-18-16-22(17-19-26)20(2)3;1-2/h8-19H,2,4-7H2,1,3H3;1-2H3. The van der Waals surface area contributed by atoms with Gasteiger partial charge in [0, 0.05) is 0 Å². The molecule has 0 saturated carbocycles. The number of unbranched alkanes of at least 4 members (excludes halogenated alkanes) is 2. The summed E-state index contributed by atoms with van der Waals surface area (Å²) in [6.45, 7) is 12.1. The second-order valence-corrected chi connectivity index (χ2v) is 7.43. The zero-order valence-electron chi connectivity index (χ0n) is 19.3. The third-order valence-electron chi connectivity index (χ3n) is 5.03. The lowest BCUT2D eigenvalue weighted by molar-refractivity contribution is 0.0735. The zero-order valence-corrected chi connectivity index (χ0v) is 19.3. The van der Waals surface area contributed by atoms with Crippen molar-refractivity contribution in [3.05, 3.63) is 96.1 Å². The lowest BCUT2D eigenvalue weighted by Crippen LogP contribution is -2.08. The number of benzene rings is 3. The molecule has 0 spiro atoms. The van der Waals surface area contributed by atoms with Crippen molar-refractivity contribution >= 4 is 11.5 Å². The predicted molar refractivity (Wildman–Crippen MR) is 133 cm³/mol. The summed E-state index contributed by atoms with van der Waals surface area (Å²) in [6, 6.07) is 23.6. The maximum atomic E-state index is 12.4. The first kappa shape index (κ1) is 24.1. The molecule has 0 aliphatic carbocycles. The monoisotopic (exact) mass is 414 g/mol. The third-order valence-corrected chi connectivity index (χ3v) is 5.03. The fraction of sp³-hybridized carbons (Fsp3) is 0.276. The fourth-order valence-electron chi connectivity index (χ4n) is 3.22. The van der Waals surface area contributed by atoms with Gasteiger partial charge in [-0.3, -0.25) is 0 Å². The molecule has 0 aromatic heterocycles. The fourth-order valence-corrected chi connectivity index (χ4v) is 3.22. The van der Waals surface area contributed by atoms with Gasteiger partial charge in [0.2, 0.25) is 0 Å². The van der Waals surface area contributed by atoms with Crippen LogP contribution in [0.2, 0.25) is 0 Å². The molecule has 0 fully saturated rings. The average Bonchev–Trinajstić information content (AvgIpc) is 2.81. The number of esters is 1. The number of ether oxygens (including phenoxy) is 1. The van der Waals surface area contributed by atoms with Gasteiger partial charge in [-0.1, -0.05) is 94.3 Å². The Bertz CT molecular complexity index is 949. The van der Waals surface area contributed by atoms with Gasteiger partial charge in [-0.15, -0.1) is 0 Å². The van der Waals surface area contributed by atoms with E-state index < -0.39 is 0 Å². The highest BCUT2D eigenvalue weighted by atomic mass is 16.5. The summed E-state index contributed by atoms with van der Waals surface area (Å²) in [7, 11) is 0. The SMILES string of the molecule is C=C(C)c1ccc(OC(=O)c2ccc(-c3ccc(CCCCC)cc3)cc2)cc1.CC. The molecule has 3 aromatic rings. The van der Waals surface area contributed by atoms with Crippen LogP contribution in [0.3, 0.4) is 0 Å². The first-order chi connectivity index (χ1) is 15.1. The van der Waals surface area contributed by atoms with Crippen LogP contribution in [0.15, 0.2) is 79.4 Å². The van der Waals surface area contributed by atoms with Crippen LogP contribution in [-0.2, 0) is 6.42 Å². The maximum absolute atomic E-state index is 12.4. The summed E-state index contributed by atoms with van der Waals surface area (Å²) in [5.74, 6) is 0.175. The van der Waals surface area contributed by atoms with Gasteiger partial charge in [-0.25, -0.2) is 4.79 Å². The van der Waals surface area contributed by atoms with E-state index in [4.69, 9.17) is 4.74 Å². The lowest BCUT2D eigenvalue weighted by Gasteiger charge is -2.08. The van der Waals surface area contributed by atoms with Crippen molar-refractivity contribution < 1.29 is 9.53 Å². The Morgan fingerprint density at radius 1 is 0.774 bits per heavy atom. The molecule has 2 heteroatoms. The number of hydrogen-bond donors (Lipinski definition) is 0. The average molecular weight is 415 g/mol. The topological polar surface area (TPSA) is 26.3 Å². The van der Waals surface area contributed by atoms with E-state index in [1.165, 1.54) is 24.8 Å². The Morgan fingerprint density at radius 3 is 1.81 bits per heavy atom. The number of carbonyl (C=O) groups excluding carboxylic acids is 1.